The first kappa shape index (κ1) is 16.0. The van der Waals surface area contributed by atoms with E-state index in [9.17, 15) is 0 Å². The molecule has 1 fully saturated rings. The Hall–Kier alpha value is -0.0800. The van der Waals surface area contributed by atoms with E-state index in [1.54, 1.807) is 0 Å². The maximum absolute atomic E-state index is 3.65. The quantitative estimate of drug-likeness (QED) is 0.749. The van der Waals surface area contributed by atoms with Crippen LogP contribution in [0.4, 0.5) is 0 Å². The van der Waals surface area contributed by atoms with E-state index in [0.29, 0.717) is 5.41 Å². The lowest BCUT2D eigenvalue weighted by Gasteiger charge is -2.39. The van der Waals surface area contributed by atoms with Crippen molar-refractivity contribution in [2.75, 3.05) is 32.7 Å². The van der Waals surface area contributed by atoms with E-state index in [2.05, 4.69) is 44.8 Å². The predicted molar refractivity (Wildman–Crippen MR) is 80.9 cm³/mol. The minimum absolute atomic E-state index is 0.436. The van der Waals surface area contributed by atoms with E-state index >= 15 is 0 Å². The number of likely N-dealkylation sites (tertiary alicyclic amines) is 1. The van der Waals surface area contributed by atoms with Gasteiger partial charge in [0.15, 0.2) is 0 Å². The second-order valence-corrected chi connectivity index (χ2v) is 7.17. The fraction of sp³-hybridized carbons (Fsp3) is 1.00. The summed E-state index contributed by atoms with van der Waals surface area (Å²) in [7, 11) is 0. The van der Waals surface area contributed by atoms with Crippen LogP contribution in [0.3, 0.4) is 0 Å². The molecule has 0 saturated carbocycles. The topological polar surface area (TPSA) is 15.3 Å². The SMILES string of the molecule is CCC(C)(CNCC(C)C)CN1CCCC(C)C1. The summed E-state index contributed by atoms with van der Waals surface area (Å²) in [6, 6.07) is 0. The van der Waals surface area contributed by atoms with Gasteiger partial charge in [0.05, 0.1) is 0 Å². The second-order valence-electron chi connectivity index (χ2n) is 7.17. The van der Waals surface area contributed by atoms with Crippen molar-refractivity contribution in [1.29, 1.82) is 0 Å². The molecule has 0 aromatic rings. The largest absolute Gasteiger partial charge is 0.316 e. The molecule has 1 saturated heterocycles. The molecule has 2 atom stereocenters. The maximum atomic E-state index is 3.65. The third kappa shape index (κ3) is 5.71. The molecule has 0 spiro atoms. The van der Waals surface area contributed by atoms with Crippen LogP contribution in [0.1, 0.15) is 53.9 Å². The van der Waals surface area contributed by atoms with Gasteiger partial charge in [-0.25, -0.2) is 0 Å². The molecule has 1 rings (SSSR count). The Morgan fingerprint density at radius 1 is 1.39 bits per heavy atom. The Labute approximate surface area is 115 Å². The standard InChI is InChI=1S/C16H34N2/c1-6-16(5,12-17-10-14(2)3)13-18-9-7-8-15(4)11-18/h14-15,17H,6-13H2,1-5H3. The highest BCUT2D eigenvalue weighted by Crippen LogP contribution is 2.25. The van der Waals surface area contributed by atoms with Crippen LogP contribution in [0, 0.1) is 17.3 Å². The summed E-state index contributed by atoms with van der Waals surface area (Å²) < 4.78 is 0. The summed E-state index contributed by atoms with van der Waals surface area (Å²) in [5.74, 6) is 1.64. The summed E-state index contributed by atoms with van der Waals surface area (Å²) in [4.78, 5) is 2.69. The Kier molecular flexibility index (Phi) is 6.65. The summed E-state index contributed by atoms with van der Waals surface area (Å²) in [6.07, 6.45) is 4.08. The molecule has 1 heterocycles. The van der Waals surface area contributed by atoms with Crippen molar-refractivity contribution in [1.82, 2.24) is 10.2 Å². The number of hydrogen-bond donors (Lipinski definition) is 1. The lowest BCUT2D eigenvalue weighted by molar-refractivity contribution is 0.112. The molecule has 0 bridgehead atoms. The molecule has 108 valence electrons. The van der Waals surface area contributed by atoms with E-state index < -0.39 is 0 Å². The predicted octanol–water partition coefficient (Wildman–Crippen LogP) is 3.38. The first-order valence-corrected chi connectivity index (χ1v) is 7.88. The van der Waals surface area contributed by atoms with Gasteiger partial charge >= 0.3 is 0 Å². The average Bonchev–Trinajstić information content (AvgIpc) is 2.28. The van der Waals surface area contributed by atoms with Crippen LogP contribution in [0.15, 0.2) is 0 Å². The summed E-state index contributed by atoms with van der Waals surface area (Å²) in [5, 5.41) is 3.65. The van der Waals surface area contributed by atoms with Crippen LogP contribution < -0.4 is 5.32 Å². The van der Waals surface area contributed by atoms with Crippen molar-refractivity contribution >= 4 is 0 Å². The van der Waals surface area contributed by atoms with Crippen LogP contribution in [0.25, 0.3) is 0 Å². The lowest BCUT2D eigenvalue weighted by Crippen LogP contribution is -2.45. The number of piperidine rings is 1. The highest BCUT2D eigenvalue weighted by molar-refractivity contribution is 4.82. The minimum Gasteiger partial charge on any atom is -0.316 e. The van der Waals surface area contributed by atoms with Crippen molar-refractivity contribution in [2.24, 2.45) is 17.3 Å². The third-order valence-electron chi connectivity index (χ3n) is 4.30. The summed E-state index contributed by atoms with van der Waals surface area (Å²) in [6.45, 7) is 17.9. The zero-order chi connectivity index (χ0) is 13.6. The van der Waals surface area contributed by atoms with Gasteiger partial charge in [-0.15, -0.1) is 0 Å². The van der Waals surface area contributed by atoms with Crippen LogP contribution in [-0.2, 0) is 0 Å². The van der Waals surface area contributed by atoms with E-state index in [1.807, 2.05) is 0 Å². The molecule has 0 radical (unpaired) electrons. The average molecular weight is 254 g/mol. The Balaban J connectivity index is 2.38. The van der Waals surface area contributed by atoms with Gasteiger partial charge in [-0.2, -0.15) is 0 Å². The van der Waals surface area contributed by atoms with Crippen molar-refractivity contribution < 1.29 is 0 Å². The fourth-order valence-electron chi connectivity index (χ4n) is 2.93. The third-order valence-corrected chi connectivity index (χ3v) is 4.30. The van der Waals surface area contributed by atoms with Crippen LogP contribution in [0.5, 0.6) is 0 Å². The van der Waals surface area contributed by atoms with Crippen LogP contribution >= 0.6 is 0 Å². The Morgan fingerprint density at radius 2 is 2.11 bits per heavy atom. The molecule has 1 aliphatic heterocycles. The molecule has 1 N–H and O–H groups in total. The van der Waals surface area contributed by atoms with Gasteiger partial charge in [0.1, 0.15) is 0 Å². The smallest absolute Gasteiger partial charge is 0.00475 e. The monoisotopic (exact) mass is 254 g/mol. The lowest BCUT2D eigenvalue weighted by atomic mass is 9.85. The molecule has 2 nitrogen and oxygen atoms in total. The van der Waals surface area contributed by atoms with Crippen LogP contribution in [-0.4, -0.2) is 37.6 Å². The van der Waals surface area contributed by atoms with E-state index in [4.69, 9.17) is 0 Å². The van der Waals surface area contributed by atoms with Crippen molar-refractivity contribution in [2.45, 2.75) is 53.9 Å². The highest BCUT2D eigenvalue weighted by Gasteiger charge is 2.27. The van der Waals surface area contributed by atoms with Crippen molar-refractivity contribution in [3.8, 4) is 0 Å². The van der Waals surface area contributed by atoms with Gasteiger partial charge in [-0.05, 0) is 49.6 Å². The maximum Gasteiger partial charge on any atom is 0.00475 e. The summed E-state index contributed by atoms with van der Waals surface area (Å²) >= 11 is 0. The van der Waals surface area contributed by atoms with E-state index in [-0.39, 0.29) is 0 Å². The normalized spacial score (nSPS) is 25.3. The molecule has 0 aromatic heterocycles. The number of nitrogens with one attached hydrogen (secondary N) is 1. The molecule has 18 heavy (non-hydrogen) atoms. The number of rotatable bonds is 7. The minimum atomic E-state index is 0.436. The molecule has 2 unspecified atom stereocenters. The Bertz CT molecular complexity index is 227. The van der Waals surface area contributed by atoms with Gasteiger partial charge in [0, 0.05) is 19.6 Å². The van der Waals surface area contributed by atoms with Crippen molar-refractivity contribution in [3.63, 3.8) is 0 Å². The van der Waals surface area contributed by atoms with Gasteiger partial charge in [-0.3, -0.25) is 0 Å². The molecule has 0 aromatic carbocycles. The van der Waals surface area contributed by atoms with Gasteiger partial charge in [0.2, 0.25) is 0 Å². The second kappa shape index (κ2) is 7.49. The van der Waals surface area contributed by atoms with Gasteiger partial charge in [0.25, 0.3) is 0 Å². The number of nitrogens with zero attached hydrogens (tertiary/aromatic N) is 1. The fourth-order valence-corrected chi connectivity index (χ4v) is 2.93. The zero-order valence-electron chi connectivity index (χ0n) is 13.3. The Morgan fingerprint density at radius 3 is 2.67 bits per heavy atom. The first-order chi connectivity index (χ1) is 8.45. The van der Waals surface area contributed by atoms with E-state index in [1.165, 1.54) is 38.9 Å². The first-order valence-electron chi connectivity index (χ1n) is 7.88. The number of hydrogen-bond acceptors (Lipinski definition) is 2. The molecular formula is C16H34N2. The highest BCUT2D eigenvalue weighted by atomic mass is 15.1. The summed E-state index contributed by atoms with van der Waals surface area (Å²) in [5.41, 5.74) is 0.436. The van der Waals surface area contributed by atoms with Gasteiger partial charge < -0.3 is 10.2 Å². The zero-order valence-corrected chi connectivity index (χ0v) is 13.3. The van der Waals surface area contributed by atoms with Gasteiger partial charge in [-0.1, -0.05) is 34.6 Å². The molecule has 0 amide bonds. The van der Waals surface area contributed by atoms with Crippen molar-refractivity contribution in [3.05, 3.63) is 0 Å². The molecule has 2 heteroatoms. The molecule has 0 aliphatic carbocycles. The van der Waals surface area contributed by atoms with Crippen LogP contribution in [0.2, 0.25) is 0 Å². The molecular weight excluding hydrogens is 220 g/mol. The van der Waals surface area contributed by atoms with E-state index in [0.717, 1.165) is 24.9 Å². The molecule has 1 aliphatic rings.